The molecule has 1 atom stereocenters. The molecule has 0 spiro atoms. The number of carbonyl (C=O) groups excluding carboxylic acids is 1. The third-order valence-corrected chi connectivity index (χ3v) is 7.72. The molecule has 7 heteroatoms. The second-order valence-corrected chi connectivity index (χ2v) is 10.2. The summed E-state index contributed by atoms with van der Waals surface area (Å²) in [5.41, 5.74) is 3.60. The third-order valence-electron chi connectivity index (χ3n) is 6.47. The van der Waals surface area contributed by atoms with Crippen LogP contribution in [-0.2, 0) is 9.53 Å². The van der Waals surface area contributed by atoms with Crippen molar-refractivity contribution in [1.29, 1.82) is 0 Å². The van der Waals surface area contributed by atoms with Crippen LogP contribution >= 0.6 is 22.9 Å². The third kappa shape index (κ3) is 3.76. The van der Waals surface area contributed by atoms with E-state index in [1.165, 1.54) is 11.3 Å². The zero-order valence-corrected chi connectivity index (χ0v) is 20.2. The molecular formula is C27H23ClN2O3S. The zero-order valence-electron chi connectivity index (χ0n) is 18.7. The van der Waals surface area contributed by atoms with Gasteiger partial charge in [-0.25, -0.2) is 4.98 Å². The van der Waals surface area contributed by atoms with E-state index in [0.717, 1.165) is 46.4 Å². The van der Waals surface area contributed by atoms with Crippen molar-refractivity contribution >= 4 is 44.2 Å². The first kappa shape index (κ1) is 21.6. The summed E-state index contributed by atoms with van der Waals surface area (Å²) >= 11 is 7.81. The van der Waals surface area contributed by atoms with Crippen molar-refractivity contribution in [2.45, 2.75) is 31.8 Å². The summed E-state index contributed by atoms with van der Waals surface area (Å²) < 4.78 is 13.0. The summed E-state index contributed by atoms with van der Waals surface area (Å²) in [7, 11) is 0. The number of aryl methyl sites for hydroxylation is 1. The maximum absolute atomic E-state index is 14.4. The molecule has 1 amide bonds. The number of anilines is 1. The van der Waals surface area contributed by atoms with Crippen molar-refractivity contribution in [2.24, 2.45) is 0 Å². The predicted molar refractivity (Wildman–Crippen MR) is 135 cm³/mol. The molecule has 0 N–H and O–H groups in total. The van der Waals surface area contributed by atoms with Crippen LogP contribution in [-0.4, -0.2) is 30.1 Å². The van der Waals surface area contributed by atoms with E-state index in [1.54, 1.807) is 0 Å². The Morgan fingerprint density at radius 3 is 2.50 bits per heavy atom. The first-order chi connectivity index (χ1) is 16.6. The Morgan fingerprint density at radius 1 is 1.12 bits per heavy atom. The van der Waals surface area contributed by atoms with Crippen LogP contribution in [0.3, 0.4) is 0 Å². The van der Waals surface area contributed by atoms with Gasteiger partial charge in [-0.2, -0.15) is 0 Å². The molecule has 5 nitrogen and oxygen atoms in total. The van der Waals surface area contributed by atoms with Gasteiger partial charge in [0.2, 0.25) is 5.91 Å². The molecule has 2 aliphatic heterocycles. The lowest BCUT2D eigenvalue weighted by Gasteiger charge is -2.32. The Kier molecular flexibility index (Phi) is 5.52. The molecule has 1 aromatic heterocycles. The molecule has 3 heterocycles. The van der Waals surface area contributed by atoms with E-state index >= 15 is 0 Å². The minimum atomic E-state index is -0.487. The van der Waals surface area contributed by atoms with Gasteiger partial charge in [0.05, 0.1) is 28.8 Å². The summed E-state index contributed by atoms with van der Waals surface area (Å²) in [6.07, 6.45) is 1.93. The van der Waals surface area contributed by atoms with Crippen LogP contribution in [0.5, 0.6) is 11.5 Å². The topological polar surface area (TPSA) is 51.7 Å². The number of aromatic nitrogens is 1. The van der Waals surface area contributed by atoms with Crippen LogP contribution in [0.2, 0.25) is 5.02 Å². The standard InChI is InChI=1S/C27H23ClN2O3S/c1-16-13-17(28)14-23-25(16)29-27(34-23)30(15-18-7-6-12-32-18)26(31)24-19-8-2-4-10-21(19)33-22-11-5-3-9-20(22)24/h2-5,8-11,13-14,18,24H,6-7,12,15H2,1H3. The van der Waals surface area contributed by atoms with Gasteiger partial charge in [0.1, 0.15) is 11.5 Å². The molecule has 1 saturated heterocycles. The fraction of sp³-hybridized carbons (Fsp3) is 0.259. The summed E-state index contributed by atoms with van der Waals surface area (Å²) in [5.74, 6) is 0.910. The quantitative estimate of drug-likeness (QED) is 0.319. The SMILES string of the molecule is Cc1cc(Cl)cc2sc(N(CC3CCCO3)C(=O)C3c4ccccc4Oc4ccccc43)nc12. The average molecular weight is 491 g/mol. The van der Waals surface area contributed by atoms with E-state index in [2.05, 4.69) is 0 Å². The van der Waals surface area contributed by atoms with Crippen LogP contribution in [0.25, 0.3) is 10.2 Å². The molecule has 1 fully saturated rings. The van der Waals surface area contributed by atoms with E-state index in [9.17, 15) is 4.79 Å². The molecular weight excluding hydrogens is 468 g/mol. The smallest absolute Gasteiger partial charge is 0.241 e. The highest BCUT2D eigenvalue weighted by molar-refractivity contribution is 7.22. The van der Waals surface area contributed by atoms with Crippen LogP contribution in [0, 0.1) is 6.92 Å². The number of hydrogen-bond donors (Lipinski definition) is 0. The summed E-state index contributed by atoms with van der Waals surface area (Å²) in [5, 5.41) is 1.34. The largest absolute Gasteiger partial charge is 0.457 e. The Hall–Kier alpha value is -2.93. The fourth-order valence-electron chi connectivity index (χ4n) is 4.84. The lowest BCUT2D eigenvalue weighted by Crippen LogP contribution is -2.41. The summed E-state index contributed by atoms with van der Waals surface area (Å²) in [4.78, 5) is 21.1. The maximum Gasteiger partial charge on any atom is 0.241 e. The van der Waals surface area contributed by atoms with Crippen LogP contribution in [0.15, 0.2) is 60.7 Å². The number of para-hydroxylation sites is 2. The zero-order chi connectivity index (χ0) is 23.2. The molecule has 4 aromatic rings. The van der Waals surface area contributed by atoms with Gasteiger partial charge in [0, 0.05) is 22.8 Å². The predicted octanol–water partition coefficient (Wildman–Crippen LogP) is 6.71. The maximum atomic E-state index is 14.4. The molecule has 1 unspecified atom stereocenters. The Labute approximate surface area is 206 Å². The van der Waals surface area contributed by atoms with E-state index < -0.39 is 5.92 Å². The molecule has 0 saturated carbocycles. The Bertz CT molecular complexity index is 1350. The van der Waals surface area contributed by atoms with Gasteiger partial charge in [-0.1, -0.05) is 59.3 Å². The summed E-state index contributed by atoms with van der Waals surface area (Å²) in [6.45, 7) is 3.19. The number of carbonyl (C=O) groups is 1. The minimum absolute atomic E-state index is 0.00836. The molecule has 0 radical (unpaired) electrons. The normalized spacial score (nSPS) is 17.3. The highest BCUT2D eigenvalue weighted by Crippen LogP contribution is 2.46. The molecule has 0 aliphatic carbocycles. The van der Waals surface area contributed by atoms with Gasteiger partial charge >= 0.3 is 0 Å². The molecule has 6 rings (SSSR count). The van der Waals surface area contributed by atoms with Crippen molar-refractivity contribution in [3.63, 3.8) is 0 Å². The number of halogens is 1. The Balaban J connectivity index is 1.48. The lowest BCUT2D eigenvalue weighted by molar-refractivity contribution is -0.119. The molecule has 172 valence electrons. The minimum Gasteiger partial charge on any atom is -0.457 e. The van der Waals surface area contributed by atoms with Crippen LogP contribution in [0.4, 0.5) is 5.13 Å². The second-order valence-electron chi connectivity index (χ2n) is 8.76. The molecule has 3 aromatic carbocycles. The number of ether oxygens (including phenoxy) is 2. The average Bonchev–Trinajstić information content (AvgIpc) is 3.50. The van der Waals surface area contributed by atoms with Crippen molar-refractivity contribution in [2.75, 3.05) is 18.1 Å². The van der Waals surface area contributed by atoms with Crippen LogP contribution < -0.4 is 9.64 Å². The van der Waals surface area contributed by atoms with Crippen molar-refractivity contribution in [1.82, 2.24) is 4.98 Å². The van der Waals surface area contributed by atoms with Crippen molar-refractivity contribution in [3.8, 4) is 11.5 Å². The number of hydrogen-bond acceptors (Lipinski definition) is 5. The molecule has 34 heavy (non-hydrogen) atoms. The first-order valence-corrected chi connectivity index (χ1v) is 12.6. The van der Waals surface area contributed by atoms with Gasteiger partial charge in [0.15, 0.2) is 5.13 Å². The van der Waals surface area contributed by atoms with Crippen LogP contribution in [0.1, 0.15) is 35.4 Å². The number of fused-ring (bicyclic) bond motifs is 3. The van der Waals surface area contributed by atoms with Crippen molar-refractivity contribution < 1.29 is 14.3 Å². The van der Waals surface area contributed by atoms with Gasteiger partial charge in [-0.3, -0.25) is 9.69 Å². The number of benzene rings is 3. The van der Waals surface area contributed by atoms with E-state index in [4.69, 9.17) is 26.1 Å². The second kappa shape index (κ2) is 8.69. The monoisotopic (exact) mass is 490 g/mol. The van der Waals surface area contributed by atoms with Gasteiger partial charge in [0.25, 0.3) is 0 Å². The highest BCUT2D eigenvalue weighted by atomic mass is 35.5. The molecule has 0 bridgehead atoms. The van der Waals surface area contributed by atoms with Gasteiger partial charge in [-0.15, -0.1) is 0 Å². The number of rotatable bonds is 4. The number of thiazole rings is 1. The van der Waals surface area contributed by atoms with E-state index in [-0.39, 0.29) is 12.0 Å². The fourth-order valence-corrected chi connectivity index (χ4v) is 6.28. The lowest BCUT2D eigenvalue weighted by atomic mass is 9.87. The number of nitrogens with zero attached hydrogens (tertiary/aromatic N) is 2. The Morgan fingerprint density at radius 2 is 1.82 bits per heavy atom. The molecule has 2 aliphatic rings. The van der Waals surface area contributed by atoms with Gasteiger partial charge < -0.3 is 9.47 Å². The van der Waals surface area contributed by atoms with E-state index in [1.807, 2.05) is 72.5 Å². The van der Waals surface area contributed by atoms with Gasteiger partial charge in [-0.05, 0) is 49.6 Å². The van der Waals surface area contributed by atoms with E-state index in [0.29, 0.717) is 28.2 Å². The summed E-state index contributed by atoms with van der Waals surface area (Å²) in [6, 6.07) is 19.4. The van der Waals surface area contributed by atoms with Crippen molar-refractivity contribution in [3.05, 3.63) is 82.4 Å². The highest BCUT2D eigenvalue weighted by Gasteiger charge is 2.37. The number of amides is 1. The first-order valence-electron chi connectivity index (χ1n) is 11.4.